The minimum Gasteiger partial charge on any atom is -0.470 e. The first kappa shape index (κ1) is 19.3. The predicted octanol–water partition coefficient (Wildman–Crippen LogP) is 4.42. The molecule has 0 N–H and O–H groups in total. The predicted molar refractivity (Wildman–Crippen MR) is 97.1 cm³/mol. The Morgan fingerprint density at radius 3 is 2.50 bits per heavy atom. The third-order valence-corrected chi connectivity index (χ3v) is 4.17. The topological polar surface area (TPSA) is 76.6 Å². The third-order valence-electron chi connectivity index (χ3n) is 4.17. The highest BCUT2D eigenvalue weighted by atomic mass is 19.4. The minimum atomic E-state index is -4.78. The average Bonchev–Trinajstić information content (AvgIpc) is 3.11. The van der Waals surface area contributed by atoms with Gasteiger partial charge in [0.1, 0.15) is 24.1 Å². The summed E-state index contributed by atoms with van der Waals surface area (Å²) in [4.78, 5) is 8.21. The molecule has 6 nitrogen and oxygen atoms in total. The van der Waals surface area contributed by atoms with Crippen molar-refractivity contribution in [3.05, 3.63) is 77.5 Å². The Morgan fingerprint density at radius 2 is 1.87 bits per heavy atom. The first-order valence-corrected chi connectivity index (χ1v) is 8.56. The van der Waals surface area contributed by atoms with E-state index in [1.54, 1.807) is 30.5 Å². The van der Waals surface area contributed by atoms with E-state index in [9.17, 15) is 22.8 Å². The van der Waals surface area contributed by atoms with Gasteiger partial charge in [-0.2, -0.15) is 28.5 Å². The summed E-state index contributed by atoms with van der Waals surface area (Å²) >= 11 is 0. The molecule has 0 aliphatic heterocycles. The van der Waals surface area contributed by atoms with Gasteiger partial charge in [-0.05, 0) is 42.5 Å². The van der Waals surface area contributed by atoms with Crippen molar-refractivity contribution >= 4 is 11.0 Å². The lowest BCUT2D eigenvalue weighted by Gasteiger charge is -2.08. The normalized spacial score (nSPS) is 11.4. The Hall–Kier alpha value is -4.00. The van der Waals surface area contributed by atoms with Crippen LogP contribution in [0.25, 0.3) is 16.7 Å². The highest BCUT2D eigenvalue weighted by molar-refractivity contribution is 5.83. The summed E-state index contributed by atoms with van der Waals surface area (Å²) in [7, 11) is 0. The molecule has 4 aromatic rings. The monoisotopic (exact) mass is 413 g/mol. The number of alkyl halides is 3. The molecule has 4 rings (SSSR count). The van der Waals surface area contributed by atoms with Gasteiger partial charge in [0, 0.05) is 6.20 Å². The number of pyridine rings is 2. The standard InChI is InChI=1S/C20H11F4N5O/c21-13-4-6-15(7-5-13)29-18-16(17(28-29)20(22,23)24)9-12(10-25)19(27-18)30-11-14-3-1-2-8-26-14/h1-9H,11H2. The lowest BCUT2D eigenvalue weighted by atomic mass is 10.2. The van der Waals surface area contributed by atoms with E-state index in [4.69, 9.17) is 4.74 Å². The Morgan fingerprint density at radius 1 is 1.10 bits per heavy atom. The van der Waals surface area contributed by atoms with Gasteiger partial charge in [-0.25, -0.2) is 9.07 Å². The highest BCUT2D eigenvalue weighted by Crippen LogP contribution is 2.36. The number of hydrogen-bond acceptors (Lipinski definition) is 5. The molecule has 0 unspecified atom stereocenters. The van der Waals surface area contributed by atoms with E-state index in [-0.39, 0.29) is 34.8 Å². The molecule has 1 aromatic carbocycles. The summed E-state index contributed by atoms with van der Waals surface area (Å²) in [5, 5.41) is 12.6. The van der Waals surface area contributed by atoms with Gasteiger partial charge in [-0.3, -0.25) is 4.98 Å². The molecular formula is C20H11F4N5O. The molecule has 3 aromatic heterocycles. The number of nitriles is 1. The molecule has 150 valence electrons. The zero-order valence-electron chi connectivity index (χ0n) is 15.1. The van der Waals surface area contributed by atoms with E-state index >= 15 is 0 Å². The van der Waals surface area contributed by atoms with E-state index in [1.165, 1.54) is 12.1 Å². The lowest BCUT2D eigenvalue weighted by Crippen LogP contribution is -2.07. The van der Waals surface area contributed by atoms with Crippen LogP contribution < -0.4 is 4.74 Å². The molecule has 3 heterocycles. The van der Waals surface area contributed by atoms with E-state index < -0.39 is 17.7 Å². The zero-order valence-corrected chi connectivity index (χ0v) is 15.1. The molecule has 0 fully saturated rings. The molecular weight excluding hydrogens is 402 g/mol. The van der Waals surface area contributed by atoms with Crippen LogP contribution in [0.3, 0.4) is 0 Å². The Bertz CT molecular complexity index is 1240. The molecule has 10 heteroatoms. The quantitative estimate of drug-likeness (QED) is 0.463. The first-order chi connectivity index (χ1) is 14.4. The van der Waals surface area contributed by atoms with Gasteiger partial charge in [-0.15, -0.1) is 0 Å². The summed E-state index contributed by atoms with van der Waals surface area (Å²) in [6.45, 7) is -0.0369. The van der Waals surface area contributed by atoms with Crippen LogP contribution in [0.2, 0.25) is 0 Å². The molecule has 0 spiro atoms. The molecule has 0 saturated carbocycles. The molecule has 0 saturated heterocycles. The zero-order chi connectivity index (χ0) is 21.3. The van der Waals surface area contributed by atoms with Crippen LogP contribution in [0.1, 0.15) is 17.0 Å². The van der Waals surface area contributed by atoms with Crippen LogP contribution in [-0.2, 0) is 12.8 Å². The van der Waals surface area contributed by atoms with Gasteiger partial charge in [-0.1, -0.05) is 6.07 Å². The fourth-order valence-corrected chi connectivity index (χ4v) is 2.81. The van der Waals surface area contributed by atoms with Gasteiger partial charge in [0.15, 0.2) is 11.3 Å². The number of fused-ring (bicyclic) bond motifs is 1. The summed E-state index contributed by atoms with van der Waals surface area (Å²) in [6, 6.07) is 12.7. The van der Waals surface area contributed by atoms with Crippen LogP contribution in [0, 0.1) is 17.1 Å². The number of aromatic nitrogens is 4. The maximum absolute atomic E-state index is 13.5. The summed E-state index contributed by atoms with van der Waals surface area (Å²) in [5.74, 6) is -0.710. The Balaban J connectivity index is 1.87. The number of hydrogen-bond donors (Lipinski definition) is 0. The van der Waals surface area contributed by atoms with Crippen molar-refractivity contribution in [1.82, 2.24) is 19.7 Å². The Kier molecular flexibility index (Phi) is 4.79. The second-order valence-electron chi connectivity index (χ2n) is 6.17. The SMILES string of the molecule is N#Cc1cc2c(C(F)(F)F)nn(-c3ccc(F)cc3)c2nc1OCc1ccccn1. The van der Waals surface area contributed by atoms with Crippen LogP contribution in [0.15, 0.2) is 54.7 Å². The maximum Gasteiger partial charge on any atom is 0.435 e. The van der Waals surface area contributed by atoms with Crippen LogP contribution in [-0.4, -0.2) is 19.7 Å². The number of ether oxygens (including phenoxy) is 1. The van der Waals surface area contributed by atoms with E-state index in [1.807, 2.05) is 0 Å². The summed E-state index contributed by atoms with van der Waals surface area (Å²) < 4.78 is 60.3. The second kappa shape index (κ2) is 7.44. The smallest absolute Gasteiger partial charge is 0.435 e. The van der Waals surface area contributed by atoms with Crippen molar-refractivity contribution in [2.45, 2.75) is 12.8 Å². The summed E-state index contributed by atoms with van der Waals surface area (Å²) in [6.07, 6.45) is -3.23. The van der Waals surface area contributed by atoms with Gasteiger partial charge in [0.2, 0.25) is 5.88 Å². The number of nitrogens with zero attached hydrogens (tertiary/aromatic N) is 5. The van der Waals surface area contributed by atoms with Gasteiger partial charge < -0.3 is 4.74 Å². The van der Waals surface area contributed by atoms with Crippen molar-refractivity contribution in [1.29, 1.82) is 5.26 Å². The van der Waals surface area contributed by atoms with Crippen molar-refractivity contribution in [2.24, 2.45) is 0 Å². The van der Waals surface area contributed by atoms with Crippen LogP contribution in [0.4, 0.5) is 17.6 Å². The second-order valence-corrected chi connectivity index (χ2v) is 6.17. The molecule has 0 amide bonds. The fraction of sp³-hybridized carbons (Fsp3) is 0.100. The Labute approximate surface area is 167 Å². The van der Waals surface area contributed by atoms with Crippen LogP contribution in [0.5, 0.6) is 5.88 Å². The largest absolute Gasteiger partial charge is 0.470 e. The first-order valence-electron chi connectivity index (χ1n) is 8.56. The highest BCUT2D eigenvalue weighted by Gasteiger charge is 2.38. The average molecular weight is 413 g/mol. The molecule has 0 bridgehead atoms. The molecule has 0 aliphatic rings. The molecule has 0 atom stereocenters. The van der Waals surface area contributed by atoms with E-state index in [2.05, 4.69) is 15.1 Å². The van der Waals surface area contributed by atoms with Crippen molar-refractivity contribution in [2.75, 3.05) is 0 Å². The van der Waals surface area contributed by atoms with Gasteiger partial charge >= 0.3 is 6.18 Å². The lowest BCUT2D eigenvalue weighted by molar-refractivity contribution is -0.140. The molecule has 0 aliphatic carbocycles. The number of benzene rings is 1. The molecule has 30 heavy (non-hydrogen) atoms. The number of halogens is 4. The van der Waals surface area contributed by atoms with Crippen molar-refractivity contribution < 1.29 is 22.3 Å². The fourth-order valence-electron chi connectivity index (χ4n) is 2.81. The summed E-state index contributed by atoms with van der Waals surface area (Å²) in [5.41, 5.74) is -0.843. The minimum absolute atomic E-state index is 0.0369. The van der Waals surface area contributed by atoms with Gasteiger partial charge in [0.25, 0.3) is 0 Å². The van der Waals surface area contributed by atoms with E-state index in [0.29, 0.717) is 5.69 Å². The number of rotatable bonds is 4. The van der Waals surface area contributed by atoms with Gasteiger partial charge in [0.05, 0.1) is 16.8 Å². The molecule has 0 radical (unpaired) electrons. The van der Waals surface area contributed by atoms with Crippen LogP contribution >= 0.6 is 0 Å². The third kappa shape index (κ3) is 3.65. The van der Waals surface area contributed by atoms with E-state index in [0.717, 1.165) is 22.9 Å². The van der Waals surface area contributed by atoms with Crippen molar-refractivity contribution in [3.8, 4) is 17.6 Å². The van der Waals surface area contributed by atoms with Crippen molar-refractivity contribution in [3.63, 3.8) is 0 Å². The maximum atomic E-state index is 13.5.